The van der Waals surface area contributed by atoms with Crippen molar-refractivity contribution in [1.82, 2.24) is 4.90 Å². The molecule has 2 atom stereocenters. The molecule has 0 unspecified atom stereocenters. The maximum absolute atomic E-state index is 12.4. The van der Waals surface area contributed by atoms with Crippen LogP contribution in [0, 0.1) is 6.92 Å². The highest BCUT2D eigenvalue weighted by molar-refractivity contribution is 6.00. The van der Waals surface area contributed by atoms with Crippen molar-refractivity contribution >= 4 is 11.6 Å². The Morgan fingerprint density at radius 1 is 1.22 bits per heavy atom. The zero-order chi connectivity index (χ0) is 13.3. The molecule has 1 fully saturated rings. The Kier molecular flexibility index (Phi) is 3.71. The molecule has 1 aromatic carbocycles. The number of para-hydroxylation sites is 1. The molecule has 0 radical (unpaired) electrons. The molecule has 98 valence electrons. The van der Waals surface area contributed by atoms with Crippen molar-refractivity contribution in [2.75, 3.05) is 11.4 Å². The van der Waals surface area contributed by atoms with Gasteiger partial charge in [0.15, 0.2) is 0 Å². The first-order valence-electron chi connectivity index (χ1n) is 6.72. The zero-order valence-corrected chi connectivity index (χ0v) is 11.7. The van der Waals surface area contributed by atoms with E-state index in [9.17, 15) is 4.79 Å². The van der Waals surface area contributed by atoms with Crippen LogP contribution in [-0.2, 0) is 4.79 Å². The van der Waals surface area contributed by atoms with Crippen LogP contribution in [0.5, 0.6) is 0 Å². The number of amides is 1. The molecular formula is C15H22N2O. The topological polar surface area (TPSA) is 23.6 Å². The molecule has 2 rings (SSSR count). The molecular weight excluding hydrogens is 224 g/mol. The van der Waals surface area contributed by atoms with E-state index in [-0.39, 0.29) is 18.1 Å². The number of aryl methyl sites for hydroxylation is 1. The minimum absolute atomic E-state index is 0.0143. The molecule has 0 aliphatic carbocycles. The van der Waals surface area contributed by atoms with Gasteiger partial charge in [0.05, 0.1) is 12.2 Å². The lowest BCUT2D eigenvalue weighted by Crippen LogP contribution is -2.38. The van der Waals surface area contributed by atoms with E-state index in [1.54, 1.807) is 0 Å². The minimum Gasteiger partial charge on any atom is -0.295 e. The predicted octanol–water partition coefficient (Wildman–Crippen LogP) is 2.79. The van der Waals surface area contributed by atoms with E-state index in [2.05, 4.69) is 31.7 Å². The quantitative estimate of drug-likeness (QED) is 0.818. The molecule has 0 N–H and O–H groups in total. The number of rotatable bonds is 3. The summed E-state index contributed by atoms with van der Waals surface area (Å²) in [5.74, 6) is 0.213. The number of anilines is 1. The summed E-state index contributed by atoms with van der Waals surface area (Å²) in [7, 11) is 0. The Morgan fingerprint density at radius 2 is 1.89 bits per heavy atom. The van der Waals surface area contributed by atoms with Crippen LogP contribution < -0.4 is 4.90 Å². The number of benzene rings is 1. The summed E-state index contributed by atoms with van der Waals surface area (Å²) < 4.78 is 0. The maximum Gasteiger partial charge on any atom is 0.245 e. The van der Waals surface area contributed by atoms with Gasteiger partial charge >= 0.3 is 0 Å². The van der Waals surface area contributed by atoms with Gasteiger partial charge < -0.3 is 0 Å². The Labute approximate surface area is 109 Å². The highest BCUT2D eigenvalue weighted by Gasteiger charge is 2.41. The fourth-order valence-corrected chi connectivity index (χ4v) is 2.79. The van der Waals surface area contributed by atoms with Crippen LogP contribution in [0.25, 0.3) is 0 Å². The monoisotopic (exact) mass is 246 g/mol. The van der Waals surface area contributed by atoms with Crippen LogP contribution in [0.15, 0.2) is 24.3 Å². The van der Waals surface area contributed by atoms with E-state index >= 15 is 0 Å². The Hall–Kier alpha value is -1.35. The van der Waals surface area contributed by atoms with Gasteiger partial charge in [-0.2, -0.15) is 0 Å². The second-order valence-corrected chi connectivity index (χ2v) is 5.04. The molecule has 0 saturated carbocycles. The number of carbonyl (C=O) groups excluding carboxylic acids is 1. The summed E-state index contributed by atoms with van der Waals surface area (Å²) >= 11 is 0. The lowest BCUT2D eigenvalue weighted by Gasteiger charge is -2.28. The Balaban J connectivity index is 2.34. The summed E-state index contributed by atoms with van der Waals surface area (Å²) in [6.07, 6.45) is 1.22. The highest BCUT2D eigenvalue weighted by Crippen LogP contribution is 2.30. The van der Waals surface area contributed by atoms with Gasteiger partial charge in [0.2, 0.25) is 5.91 Å². The van der Waals surface area contributed by atoms with E-state index in [0.29, 0.717) is 0 Å². The number of hydrogen-bond acceptors (Lipinski definition) is 2. The van der Waals surface area contributed by atoms with Crippen molar-refractivity contribution in [2.24, 2.45) is 0 Å². The average molecular weight is 246 g/mol. The normalized spacial score (nSPS) is 24.9. The first-order valence-corrected chi connectivity index (χ1v) is 6.72. The summed E-state index contributed by atoms with van der Waals surface area (Å²) in [6, 6.07) is 8.08. The van der Waals surface area contributed by atoms with Crippen LogP contribution in [0.2, 0.25) is 0 Å². The van der Waals surface area contributed by atoms with Crippen LogP contribution >= 0.6 is 0 Å². The lowest BCUT2D eigenvalue weighted by molar-refractivity contribution is -0.119. The van der Waals surface area contributed by atoms with Gasteiger partial charge in [0.1, 0.15) is 0 Å². The number of nitrogens with zero attached hydrogens (tertiary/aromatic N) is 2. The van der Waals surface area contributed by atoms with Crippen LogP contribution in [0.4, 0.5) is 5.69 Å². The predicted molar refractivity (Wildman–Crippen MR) is 74.6 cm³/mol. The molecule has 3 nitrogen and oxygen atoms in total. The van der Waals surface area contributed by atoms with Crippen LogP contribution in [0.3, 0.4) is 0 Å². The van der Waals surface area contributed by atoms with Crippen molar-refractivity contribution in [3.05, 3.63) is 29.8 Å². The lowest BCUT2D eigenvalue weighted by atomic mass is 10.1. The van der Waals surface area contributed by atoms with E-state index in [1.165, 1.54) is 0 Å². The largest absolute Gasteiger partial charge is 0.295 e. The summed E-state index contributed by atoms with van der Waals surface area (Å²) in [5.41, 5.74) is 2.20. The van der Waals surface area contributed by atoms with Gasteiger partial charge in [-0.3, -0.25) is 14.6 Å². The van der Waals surface area contributed by atoms with Gasteiger partial charge in [-0.25, -0.2) is 0 Å². The van der Waals surface area contributed by atoms with Crippen molar-refractivity contribution in [1.29, 1.82) is 0 Å². The van der Waals surface area contributed by atoms with Crippen molar-refractivity contribution < 1.29 is 4.79 Å². The molecule has 1 heterocycles. The molecule has 0 bridgehead atoms. The van der Waals surface area contributed by atoms with E-state index in [1.807, 2.05) is 30.0 Å². The van der Waals surface area contributed by atoms with E-state index < -0.39 is 0 Å². The number of carbonyl (C=O) groups is 1. The highest BCUT2D eigenvalue weighted by atomic mass is 16.2. The number of hydrogen-bond donors (Lipinski definition) is 0. The average Bonchev–Trinajstić information content (AvgIpc) is 2.55. The molecule has 1 aliphatic heterocycles. The summed E-state index contributed by atoms with van der Waals surface area (Å²) in [6.45, 7) is 9.30. The molecule has 1 amide bonds. The van der Waals surface area contributed by atoms with Gasteiger partial charge in [0, 0.05) is 12.2 Å². The van der Waals surface area contributed by atoms with Crippen molar-refractivity contribution in [3.8, 4) is 0 Å². The third kappa shape index (κ3) is 2.03. The van der Waals surface area contributed by atoms with E-state index in [4.69, 9.17) is 0 Å². The zero-order valence-electron chi connectivity index (χ0n) is 11.7. The fraction of sp³-hybridized carbons (Fsp3) is 0.533. The van der Waals surface area contributed by atoms with Gasteiger partial charge in [-0.15, -0.1) is 0 Å². The molecule has 3 heteroatoms. The molecule has 0 spiro atoms. The standard InChI is InChI=1S/C15H22N2O/c1-5-10-16-12(3)15(18)17(13(16)4)14-9-7-6-8-11(14)2/h6-9,12-13H,5,10H2,1-4H3/t12-,13-/m0/s1. The summed E-state index contributed by atoms with van der Waals surface area (Å²) in [4.78, 5) is 16.7. The van der Waals surface area contributed by atoms with Crippen molar-refractivity contribution in [3.63, 3.8) is 0 Å². The minimum atomic E-state index is -0.0143. The van der Waals surface area contributed by atoms with Crippen LogP contribution in [-0.4, -0.2) is 29.6 Å². The molecule has 1 saturated heterocycles. The van der Waals surface area contributed by atoms with Crippen molar-refractivity contribution in [2.45, 2.75) is 46.3 Å². The molecule has 1 aromatic rings. The van der Waals surface area contributed by atoms with Gasteiger partial charge in [-0.1, -0.05) is 25.1 Å². The van der Waals surface area contributed by atoms with E-state index in [0.717, 1.165) is 24.2 Å². The smallest absolute Gasteiger partial charge is 0.245 e. The third-order valence-corrected chi connectivity index (χ3v) is 3.80. The van der Waals surface area contributed by atoms with Gasteiger partial charge in [0.25, 0.3) is 0 Å². The molecule has 0 aromatic heterocycles. The summed E-state index contributed by atoms with van der Waals surface area (Å²) in [5, 5.41) is 0. The molecule has 18 heavy (non-hydrogen) atoms. The first kappa shape index (κ1) is 13.1. The maximum atomic E-state index is 12.4. The second kappa shape index (κ2) is 5.11. The second-order valence-electron chi connectivity index (χ2n) is 5.04. The first-order chi connectivity index (χ1) is 8.57. The third-order valence-electron chi connectivity index (χ3n) is 3.80. The fourth-order valence-electron chi connectivity index (χ4n) is 2.79. The SMILES string of the molecule is CCCN1[C@H](C)N(c2ccccc2C)C(=O)[C@@H]1C. The van der Waals surface area contributed by atoms with Crippen LogP contribution in [0.1, 0.15) is 32.8 Å². The van der Waals surface area contributed by atoms with Gasteiger partial charge in [-0.05, 0) is 38.8 Å². The Morgan fingerprint density at radius 3 is 2.50 bits per heavy atom. The molecule has 1 aliphatic rings. The Bertz CT molecular complexity index is 444.